The minimum absolute atomic E-state index is 0.0228. The Morgan fingerprint density at radius 1 is 1.16 bits per heavy atom. The number of nitrogens with zero attached hydrogens (tertiary/aromatic N) is 2. The zero-order valence-electron chi connectivity index (χ0n) is 14.6. The standard InChI is InChI=1S/C17H26N4O4/c1-2-18-15(22)13-20-8-10-21(11-9-20)16(23)6-3-7-19-17(24)14-5-4-12-25-14/h4-5,12H,2-3,6-11,13H2,1H3,(H,18,22)(H,19,24). The van der Waals surface area contributed by atoms with Crippen LogP contribution in [0.2, 0.25) is 0 Å². The predicted molar refractivity (Wildman–Crippen MR) is 92.0 cm³/mol. The van der Waals surface area contributed by atoms with Gasteiger partial charge in [0.1, 0.15) is 0 Å². The van der Waals surface area contributed by atoms with Gasteiger partial charge in [-0.25, -0.2) is 0 Å². The maximum Gasteiger partial charge on any atom is 0.286 e. The Bertz CT molecular complexity index is 565. The summed E-state index contributed by atoms with van der Waals surface area (Å²) in [4.78, 5) is 39.3. The van der Waals surface area contributed by atoms with E-state index in [9.17, 15) is 14.4 Å². The van der Waals surface area contributed by atoms with Crippen molar-refractivity contribution in [1.29, 1.82) is 0 Å². The molecule has 2 N–H and O–H groups in total. The van der Waals surface area contributed by atoms with E-state index in [-0.39, 0.29) is 23.5 Å². The van der Waals surface area contributed by atoms with Crippen molar-refractivity contribution >= 4 is 17.7 Å². The van der Waals surface area contributed by atoms with Crippen molar-refractivity contribution in [2.24, 2.45) is 0 Å². The highest BCUT2D eigenvalue weighted by atomic mass is 16.3. The van der Waals surface area contributed by atoms with Crippen molar-refractivity contribution < 1.29 is 18.8 Å². The topological polar surface area (TPSA) is 94.9 Å². The summed E-state index contributed by atoms with van der Waals surface area (Å²) in [6.07, 6.45) is 2.43. The van der Waals surface area contributed by atoms with Crippen LogP contribution in [0.5, 0.6) is 0 Å². The number of carbonyl (C=O) groups excluding carboxylic acids is 3. The molecule has 3 amide bonds. The minimum Gasteiger partial charge on any atom is -0.459 e. The molecule has 1 aromatic heterocycles. The fourth-order valence-electron chi connectivity index (χ4n) is 2.71. The third-order valence-corrected chi connectivity index (χ3v) is 4.06. The Morgan fingerprint density at radius 3 is 2.56 bits per heavy atom. The van der Waals surface area contributed by atoms with Crippen LogP contribution < -0.4 is 10.6 Å². The van der Waals surface area contributed by atoms with Gasteiger partial charge in [0, 0.05) is 45.7 Å². The molecule has 0 atom stereocenters. The van der Waals surface area contributed by atoms with E-state index in [1.54, 1.807) is 12.1 Å². The second-order valence-electron chi connectivity index (χ2n) is 5.95. The minimum atomic E-state index is -0.267. The fourth-order valence-corrected chi connectivity index (χ4v) is 2.71. The smallest absolute Gasteiger partial charge is 0.286 e. The van der Waals surface area contributed by atoms with E-state index >= 15 is 0 Å². The Kier molecular flexibility index (Phi) is 7.46. The summed E-state index contributed by atoms with van der Waals surface area (Å²) in [5, 5.41) is 5.51. The first-order valence-corrected chi connectivity index (χ1v) is 8.68. The molecule has 0 bridgehead atoms. The van der Waals surface area contributed by atoms with Crippen LogP contribution in [0.1, 0.15) is 30.3 Å². The summed E-state index contributed by atoms with van der Waals surface area (Å²) in [5.74, 6) is 0.116. The van der Waals surface area contributed by atoms with Crippen molar-refractivity contribution in [2.45, 2.75) is 19.8 Å². The fraction of sp³-hybridized carbons (Fsp3) is 0.588. The monoisotopic (exact) mass is 350 g/mol. The van der Waals surface area contributed by atoms with Crippen molar-refractivity contribution in [3.63, 3.8) is 0 Å². The summed E-state index contributed by atoms with van der Waals surface area (Å²) < 4.78 is 5.00. The molecule has 0 aliphatic carbocycles. The first-order valence-electron chi connectivity index (χ1n) is 8.68. The van der Waals surface area contributed by atoms with Gasteiger partial charge in [0.2, 0.25) is 11.8 Å². The average molecular weight is 350 g/mol. The van der Waals surface area contributed by atoms with Gasteiger partial charge in [-0.1, -0.05) is 0 Å². The first kappa shape index (κ1) is 19.0. The van der Waals surface area contributed by atoms with Crippen LogP contribution in [-0.2, 0) is 9.59 Å². The molecule has 1 aromatic rings. The number of amides is 3. The summed E-state index contributed by atoms with van der Waals surface area (Å²) in [6, 6.07) is 3.25. The Labute approximate surface area is 147 Å². The van der Waals surface area contributed by atoms with Crippen LogP contribution in [0.15, 0.2) is 22.8 Å². The number of hydrogen-bond donors (Lipinski definition) is 2. The van der Waals surface area contributed by atoms with E-state index in [4.69, 9.17) is 4.42 Å². The van der Waals surface area contributed by atoms with Crippen LogP contribution in [0, 0.1) is 0 Å². The number of carbonyl (C=O) groups is 3. The lowest BCUT2D eigenvalue weighted by Crippen LogP contribution is -2.51. The molecule has 1 aliphatic heterocycles. The predicted octanol–water partition coefficient (Wildman–Crippen LogP) is 0.0699. The van der Waals surface area contributed by atoms with E-state index in [0.717, 1.165) is 0 Å². The van der Waals surface area contributed by atoms with Gasteiger partial charge in [0.25, 0.3) is 5.91 Å². The molecule has 0 spiro atoms. The molecule has 2 rings (SSSR count). The van der Waals surface area contributed by atoms with Gasteiger partial charge in [0.05, 0.1) is 12.8 Å². The van der Waals surface area contributed by atoms with Crippen molar-refractivity contribution in [1.82, 2.24) is 20.4 Å². The highest BCUT2D eigenvalue weighted by Gasteiger charge is 2.21. The zero-order chi connectivity index (χ0) is 18.1. The normalized spacial score (nSPS) is 15.0. The molecule has 138 valence electrons. The molecule has 25 heavy (non-hydrogen) atoms. The SMILES string of the molecule is CCNC(=O)CN1CCN(C(=O)CCCNC(=O)c2ccco2)CC1. The number of rotatable bonds is 8. The number of nitrogens with one attached hydrogen (secondary N) is 2. The van der Waals surface area contributed by atoms with Crippen LogP contribution in [-0.4, -0.2) is 73.3 Å². The molecular formula is C17H26N4O4. The third kappa shape index (κ3) is 6.22. The average Bonchev–Trinajstić information content (AvgIpc) is 3.14. The molecule has 1 fully saturated rings. The molecule has 0 aromatic carbocycles. The molecule has 1 saturated heterocycles. The van der Waals surface area contributed by atoms with Crippen LogP contribution in [0.3, 0.4) is 0 Å². The van der Waals surface area contributed by atoms with Gasteiger partial charge in [0.15, 0.2) is 5.76 Å². The largest absolute Gasteiger partial charge is 0.459 e. The van der Waals surface area contributed by atoms with Crippen molar-refractivity contribution in [2.75, 3.05) is 45.8 Å². The lowest BCUT2D eigenvalue weighted by molar-refractivity contribution is -0.133. The van der Waals surface area contributed by atoms with Crippen LogP contribution in [0.25, 0.3) is 0 Å². The molecular weight excluding hydrogens is 324 g/mol. The Morgan fingerprint density at radius 2 is 1.92 bits per heavy atom. The third-order valence-electron chi connectivity index (χ3n) is 4.06. The highest BCUT2D eigenvalue weighted by molar-refractivity contribution is 5.91. The summed E-state index contributed by atoms with van der Waals surface area (Å²) in [7, 11) is 0. The van der Waals surface area contributed by atoms with Gasteiger partial charge < -0.3 is 20.0 Å². The van der Waals surface area contributed by atoms with Gasteiger partial charge in [-0.15, -0.1) is 0 Å². The Hall–Kier alpha value is -2.35. The molecule has 0 radical (unpaired) electrons. The second kappa shape index (κ2) is 9.83. The molecule has 0 saturated carbocycles. The number of furan rings is 1. The Balaban J connectivity index is 1.59. The summed E-state index contributed by atoms with van der Waals surface area (Å²) in [5.41, 5.74) is 0. The first-order chi connectivity index (χ1) is 12.1. The van der Waals surface area contributed by atoms with Gasteiger partial charge >= 0.3 is 0 Å². The quantitative estimate of drug-likeness (QED) is 0.647. The number of hydrogen-bond acceptors (Lipinski definition) is 5. The van der Waals surface area contributed by atoms with E-state index < -0.39 is 0 Å². The molecule has 8 heteroatoms. The van der Waals surface area contributed by atoms with Gasteiger partial charge in [-0.3, -0.25) is 19.3 Å². The molecule has 1 aliphatic rings. The van der Waals surface area contributed by atoms with E-state index in [1.807, 2.05) is 11.8 Å². The van der Waals surface area contributed by atoms with Gasteiger partial charge in [-0.2, -0.15) is 0 Å². The lowest BCUT2D eigenvalue weighted by Gasteiger charge is -2.34. The van der Waals surface area contributed by atoms with E-state index in [2.05, 4.69) is 15.5 Å². The van der Waals surface area contributed by atoms with Crippen LogP contribution >= 0.6 is 0 Å². The van der Waals surface area contributed by atoms with E-state index in [0.29, 0.717) is 58.7 Å². The highest BCUT2D eigenvalue weighted by Crippen LogP contribution is 2.05. The summed E-state index contributed by atoms with van der Waals surface area (Å²) >= 11 is 0. The molecule has 0 unspecified atom stereocenters. The maximum atomic E-state index is 12.2. The number of piperazine rings is 1. The summed E-state index contributed by atoms with van der Waals surface area (Å²) in [6.45, 7) is 6.03. The lowest BCUT2D eigenvalue weighted by atomic mass is 10.2. The van der Waals surface area contributed by atoms with E-state index in [1.165, 1.54) is 6.26 Å². The maximum absolute atomic E-state index is 12.2. The van der Waals surface area contributed by atoms with Crippen molar-refractivity contribution in [3.05, 3.63) is 24.2 Å². The number of likely N-dealkylation sites (N-methyl/N-ethyl adjacent to an activating group) is 1. The van der Waals surface area contributed by atoms with Crippen molar-refractivity contribution in [3.8, 4) is 0 Å². The van der Waals surface area contributed by atoms with Gasteiger partial charge in [-0.05, 0) is 25.5 Å². The second-order valence-corrected chi connectivity index (χ2v) is 5.95. The molecule has 2 heterocycles. The van der Waals surface area contributed by atoms with Crippen LogP contribution in [0.4, 0.5) is 0 Å². The zero-order valence-corrected chi connectivity index (χ0v) is 14.6. The molecule has 8 nitrogen and oxygen atoms in total.